The van der Waals surface area contributed by atoms with Crippen molar-refractivity contribution in [1.82, 2.24) is 4.90 Å². The summed E-state index contributed by atoms with van der Waals surface area (Å²) in [5, 5.41) is 8.62. The molecule has 1 N–H and O–H groups in total. The summed E-state index contributed by atoms with van der Waals surface area (Å²) in [5.41, 5.74) is 0. The molecule has 6 heteroatoms. The number of rotatable bonds is 6. The van der Waals surface area contributed by atoms with Crippen LogP contribution >= 0.6 is 0 Å². The highest BCUT2D eigenvalue weighted by Gasteiger charge is 2.28. The molecule has 0 radical (unpaired) electrons. The van der Waals surface area contributed by atoms with Crippen LogP contribution in [-0.4, -0.2) is 41.8 Å². The molecule has 0 aliphatic rings. The molecule has 0 saturated carbocycles. The number of hydrogen-bond acceptors (Lipinski definition) is 2. The van der Waals surface area contributed by atoms with Crippen molar-refractivity contribution in [3.8, 4) is 0 Å². The average Bonchev–Trinajstić information content (AvgIpc) is 2.13. The monoisotopic (exact) mass is 227 g/mol. The number of carbonyl (C=O) groups excluding carboxylic acids is 1. The van der Waals surface area contributed by atoms with Gasteiger partial charge in [0, 0.05) is 19.5 Å². The van der Waals surface area contributed by atoms with Gasteiger partial charge in [-0.15, -0.1) is 0 Å². The first-order valence-electron chi connectivity index (χ1n) is 4.86. The number of nitrogens with zero attached hydrogens (tertiary/aromatic N) is 1. The maximum atomic E-state index is 11.8. The van der Waals surface area contributed by atoms with Crippen molar-refractivity contribution in [3.63, 3.8) is 0 Å². The Labute approximate surface area is 86.9 Å². The molecule has 15 heavy (non-hydrogen) atoms. The maximum absolute atomic E-state index is 11.8. The summed E-state index contributed by atoms with van der Waals surface area (Å²) in [6.45, 7) is 2.08. The van der Waals surface area contributed by atoms with E-state index in [1.165, 1.54) is 4.90 Å². The quantitative estimate of drug-likeness (QED) is 0.748. The van der Waals surface area contributed by atoms with E-state index in [0.29, 0.717) is 13.0 Å². The molecule has 0 bridgehead atoms. The van der Waals surface area contributed by atoms with Crippen LogP contribution < -0.4 is 0 Å². The van der Waals surface area contributed by atoms with E-state index in [-0.39, 0.29) is 13.2 Å². The first-order chi connectivity index (χ1) is 6.90. The van der Waals surface area contributed by atoms with Crippen LogP contribution in [0, 0.1) is 0 Å². The van der Waals surface area contributed by atoms with Gasteiger partial charge in [-0.1, -0.05) is 6.92 Å². The van der Waals surface area contributed by atoms with Crippen molar-refractivity contribution in [2.24, 2.45) is 0 Å². The highest BCUT2D eigenvalue weighted by Crippen LogP contribution is 2.21. The lowest BCUT2D eigenvalue weighted by molar-refractivity contribution is -0.149. The molecule has 0 atom stereocenters. The van der Waals surface area contributed by atoms with E-state index in [1.807, 2.05) is 6.92 Å². The van der Waals surface area contributed by atoms with Crippen molar-refractivity contribution in [1.29, 1.82) is 0 Å². The molecule has 0 fully saturated rings. The number of alkyl halides is 3. The number of aliphatic hydroxyl groups is 1. The third-order valence-electron chi connectivity index (χ3n) is 1.84. The van der Waals surface area contributed by atoms with E-state index >= 15 is 0 Å². The van der Waals surface area contributed by atoms with Gasteiger partial charge in [-0.05, 0) is 6.42 Å². The fourth-order valence-electron chi connectivity index (χ4n) is 1.16. The SMILES string of the molecule is CCCN(CCO)C(=O)CCC(F)(F)F. The minimum atomic E-state index is -4.30. The Morgan fingerprint density at radius 2 is 1.93 bits per heavy atom. The zero-order valence-corrected chi connectivity index (χ0v) is 8.68. The number of amides is 1. The second-order valence-electron chi connectivity index (χ2n) is 3.22. The first-order valence-corrected chi connectivity index (χ1v) is 4.86. The fourth-order valence-corrected chi connectivity index (χ4v) is 1.16. The van der Waals surface area contributed by atoms with Crippen molar-refractivity contribution in [2.75, 3.05) is 19.7 Å². The second kappa shape index (κ2) is 6.66. The third-order valence-corrected chi connectivity index (χ3v) is 1.84. The maximum Gasteiger partial charge on any atom is 0.389 e. The molecule has 0 aliphatic heterocycles. The Bertz CT molecular complexity index is 188. The molecule has 0 aromatic rings. The summed E-state index contributed by atoms with van der Waals surface area (Å²) in [6, 6.07) is 0. The van der Waals surface area contributed by atoms with Crippen LogP contribution in [0.5, 0.6) is 0 Å². The topological polar surface area (TPSA) is 40.5 Å². The summed E-state index contributed by atoms with van der Waals surface area (Å²) in [5.74, 6) is -0.553. The van der Waals surface area contributed by atoms with Gasteiger partial charge in [0.15, 0.2) is 0 Å². The van der Waals surface area contributed by atoms with Gasteiger partial charge in [-0.2, -0.15) is 13.2 Å². The number of hydrogen-bond donors (Lipinski definition) is 1. The van der Waals surface area contributed by atoms with Crippen molar-refractivity contribution < 1.29 is 23.1 Å². The lowest BCUT2D eigenvalue weighted by Gasteiger charge is -2.21. The van der Waals surface area contributed by atoms with Gasteiger partial charge in [0.1, 0.15) is 0 Å². The molecule has 0 unspecified atom stereocenters. The van der Waals surface area contributed by atoms with E-state index in [1.54, 1.807) is 0 Å². The molecule has 0 aromatic heterocycles. The van der Waals surface area contributed by atoms with Gasteiger partial charge in [0.25, 0.3) is 0 Å². The van der Waals surface area contributed by atoms with Crippen LogP contribution in [0.2, 0.25) is 0 Å². The lowest BCUT2D eigenvalue weighted by Crippen LogP contribution is -2.34. The van der Waals surface area contributed by atoms with Gasteiger partial charge >= 0.3 is 6.18 Å². The van der Waals surface area contributed by atoms with Crippen molar-refractivity contribution in [2.45, 2.75) is 32.4 Å². The molecule has 0 aliphatic carbocycles. The summed E-state index contributed by atoms with van der Waals surface area (Å²) in [4.78, 5) is 12.5. The smallest absolute Gasteiger partial charge is 0.389 e. The average molecular weight is 227 g/mol. The Kier molecular flexibility index (Phi) is 6.31. The van der Waals surface area contributed by atoms with E-state index < -0.39 is 24.9 Å². The van der Waals surface area contributed by atoms with Crippen LogP contribution in [0.25, 0.3) is 0 Å². The molecule has 0 heterocycles. The summed E-state index contributed by atoms with van der Waals surface area (Å²) < 4.78 is 35.5. The van der Waals surface area contributed by atoms with Gasteiger partial charge in [0.2, 0.25) is 5.91 Å². The molecule has 90 valence electrons. The molecule has 0 spiro atoms. The second-order valence-corrected chi connectivity index (χ2v) is 3.22. The van der Waals surface area contributed by atoms with E-state index in [9.17, 15) is 18.0 Å². The van der Waals surface area contributed by atoms with Crippen molar-refractivity contribution in [3.05, 3.63) is 0 Å². The summed E-state index contributed by atoms with van der Waals surface area (Å²) >= 11 is 0. The van der Waals surface area contributed by atoms with Crippen LogP contribution in [0.4, 0.5) is 13.2 Å². The van der Waals surface area contributed by atoms with Gasteiger partial charge < -0.3 is 10.0 Å². The molecule has 0 saturated heterocycles. The standard InChI is InChI=1S/C9H16F3NO2/c1-2-5-13(6-7-14)8(15)3-4-9(10,11)12/h14H,2-7H2,1H3. The predicted octanol–water partition coefficient (Wildman–Crippen LogP) is 1.56. The third kappa shape index (κ3) is 7.18. The first kappa shape index (κ1) is 14.2. The molecule has 0 rings (SSSR count). The van der Waals surface area contributed by atoms with Crippen molar-refractivity contribution >= 4 is 5.91 Å². The molecule has 3 nitrogen and oxygen atoms in total. The molecular formula is C9H16F3NO2. The summed E-state index contributed by atoms with van der Waals surface area (Å²) in [6.07, 6.45) is -5.27. The summed E-state index contributed by atoms with van der Waals surface area (Å²) in [7, 11) is 0. The molecule has 0 aromatic carbocycles. The van der Waals surface area contributed by atoms with E-state index in [2.05, 4.69) is 0 Å². The van der Waals surface area contributed by atoms with E-state index in [4.69, 9.17) is 5.11 Å². The fraction of sp³-hybridized carbons (Fsp3) is 0.889. The predicted molar refractivity (Wildman–Crippen MR) is 49.2 cm³/mol. The van der Waals surface area contributed by atoms with Gasteiger partial charge in [0.05, 0.1) is 13.0 Å². The number of halogens is 3. The Morgan fingerprint density at radius 1 is 1.33 bits per heavy atom. The largest absolute Gasteiger partial charge is 0.395 e. The zero-order chi connectivity index (χ0) is 11.9. The van der Waals surface area contributed by atoms with Gasteiger partial charge in [-0.3, -0.25) is 4.79 Å². The molecule has 1 amide bonds. The van der Waals surface area contributed by atoms with Crippen LogP contribution in [0.3, 0.4) is 0 Å². The number of aliphatic hydroxyl groups excluding tert-OH is 1. The normalized spacial score (nSPS) is 11.5. The minimum absolute atomic E-state index is 0.102. The Balaban J connectivity index is 4.02. The zero-order valence-electron chi connectivity index (χ0n) is 8.68. The molecular weight excluding hydrogens is 211 g/mol. The Morgan fingerprint density at radius 3 is 2.33 bits per heavy atom. The minimum Gasteiger partial charge on any atom is -0.395 e. The van der Waals surface area contributed by atoms with Crippen LogP contribution in [-0.2, 0) is 4.79 Å². The van der Waals surface area contributed by atoms with Crippen LogP contribution in [0.1, 0.15) is 26.2 Å². The Hall–Kier alpha value is -0.780. The van der Waals surface area contributed by atoms with Gasteiger partial charge in [-0.25, -0.2) is 0 Å². The number of carbonyl (C=O) groups is 1. The lowest BCUT2D eigenvalue weighted by atomic mass is 10.2. The highest BCUT2D eigenvalue weighted by molar-refractivity contribution is 5.76. The highest BCUT2D eigenvalue weighted by atomic mass is 19.4. The van der Waals surface area contributed by atoms with Crippen LogP contribution in [0.15, 0.2) is 0 Å². The van der Waals surface area contributed by atoms with E-state index in [0.717, 1.165) is 0 Å².